The fourth-order valence-corrected chi connectivity index (χ4v) is 17.6. The van der Waals surface area contributed by atoms with Gasteiger partial charge in [0.05, 0.1) is 12.9 Å². The van der Waals surface area contributed by atoms with Gasteiger partial charge < -0.3 is 13.3 Å². The molecule has 0 saturated carbocycles. The van der Waals surface area contributed by atoms with E-state index in [-0.39, 0.29) is 51.4 Å². The number of benzene rings is 1. The van der Waals surface area contributed by atoms with Gasteiger partial charge in [0.25, 0.3) is 0 Å². The predicted octanol–water partition coefficient (Wildman–Crippen LogP) is 1.39. The predicted molar refractivity (Wildman–Crippen MR) is 90.0 cm³/mol. The molecule has 0 N–H and O–H groups in total. The van der Waals surface area contributed by atoms with Crippen molar-refractivity contribution in [2.45, 2.75) is 44.2 Å². The molecule has 0 heterocycles. The number of ether oxygens (including phenoxy) is 1. The SMILES string of the molecule is COc1ccccc1[P-]C([Si](C)(C)C)[Si](C)(C)C.[K+]. The zero-order valence-corrected chi connectivity index (χ0v) is 19.8. The van der Waals surface area contributed by atoms with Gasteiger partial charge in [-0.3, -0.25) is 0 Å². The van der Waals surface area contributed by atoms with E-state index >= 15 is 0 Å². The fraction of sp³-hybridized carbons (Fsp3) is 0.571. The van der Waals surface area contributed by atoms with Gasteiger partial charge in [-0.2, -0.15) is 10.2 Å². The maximum atomic E-state index is 5.50. The summed E-state index contributed by atoms with van der Waals surface area (Å²) in [5.41, 5.74) is 0. The number of rotatable bonds is 5. The number of hydrogen-bond donors (Lipinski definition) is 0. The Morgan fingerprint density at radius 1 is 0.947 bits per heavy atom. The van der Waals surface area contributed by atoms with Gasteiger partial charge in [0, 0.05) is 16.1 Å². The summed E-state index contributed by atoms with van der Waals surface area (Å²) in [6.07, 6.45) is 0. The van der Waals surface area contributed by atoms with E-state index in [0.717, 1.165) is 10.7 Å². The van der Waals surface area contributed by atoms with Crippen molar-refractivity contribution >= 4 is 30.0 Å². The van der Waals surface area contributed by atoms with Crippen molar-refractivity contribution in [3.8, 4) is 5.75 Å². The van der Waals surface area contributed by atoms with Crippen LogP contribution in [0.1, 0.15) is 0 Å². The molecule has 0 spiro atoms. The zero-order valence-electron chi connectivity index (χ0n) is 13.7. The molecule has 1 rings (SSSR count). The van der Waals surface area contributed by atoms with Crippen LogP contribution in [0.5, 0.6) is 5.75 Å². The van der Waals surface area contributed by atoms with Crippen molar-refractivity contribution in [3.05, 3.63) is 24.3 Å². The van der Waals surface area contributed by atoms with Crippen molar-refractivity contribution in [3.63, 3.8) is 0 Å². The van der Waals surface area contributed by atoms with Crippen LogP contribution in [-0.4, -0.2) is 28.2 Å². The van der Waals surface area contributed by atoms with Crippen molar-refractivity contribution in [1.29, 1.82) is 0 Å². The average molecular weight is 337 g/mol. The molecular formula is C14H26KOPSi2. The van der Waals surface area contributed by atoms with E-state index in [2.05, 4.69) is 63.5 Å². The molecule has 102 valence electrons. The van der Waals surface area contributed by atoms with Gasteiger partial charge in [-0.05, 0) is 6.07 Å². The molecule has 0 amide bonds. The van der Waals surface area contributed by atoms with E-state index in [4.69, 9.17) is 4.74 Å². The molecule has 1 aromatic rings. The summed E-state index contributed by atoms with van der Waals surface area (Å²) in [7, 11) is 0.954. The van der Waals surface area contributed by atoms with Gasteiger partial charge in [0.15, 0.2) is 0 Å². The van der Waals surface area contributed by atoms with Gasteiger partial charge in [0.1, 0.15) is 0 Å². The molecule has 19 heavy (non-hydrogen) atoms. The van der Waals surface area contributed by atoms with Gasteiger partial charge in [-0.15, -0.1) is 0 Å². The van der Waals surface area contributed by atoms with Crippen LogP contribution in [0.3, 0.4) is 0 Å². The minimum absolute atomic E-state index is 0. The monoisotopic (exact) mass is 336 g/mol. The van der Waals surface area contributed by atoms with Crippen LogP contribution in [0.25, 0.3) is 0 Å². The summed E-state index contributed by atoms with van der Waals surface area (Å²) in [4.78, 5) is 0.862. The molecular weight excluding hydrogens is 310 g/mol. The maximum Gasteiger partial charge on any atom is 1.00 e. The van der Waals surface area contributed by atoms with Crippen LogP contribution in [0, 0.1) is 0 Å². The Bertz CT molecular complexity index is 385. The smallest absolute Gasteiger partial charge is 0.505 e. The average Bonchev–Trinajstić information content (AvgIpc) is 2.23. The second-order valence-corrected chi connectivity index (χ2v) is 20.4. The van der Waals surface area contributed by atoms with Crippen LogP contribution >= 0.6 is 8.58 Å². The van der Waals surface area contributed by atoms with Crippen LogP contribution in [0.4, 0.5) is 0 Å². The molecule has 0 radical (unpaired) electrons. The molecule has 1 nitrogen and oxygen atoms in total. The van der Waals surface area contributed by atoms with Crippen molar-refractivity contribution in [2.24, 2.45) is 0 Å². The Balaban J connectivity index is 0.00000324. The van der Waals surface area contributed by atoms with E-state index in [9.17, 15) is 0 Å². The van der Waals surface area contributed by atoms with E-state index < -0.39 is 16.1 Å². The molecule has 0 aliphatic heterocycles. The van der Waals surface area contributed by atoms with Crippen molar-refractivity contribution in [2.75, 3.05) is 7.11 Å². The third-order valence-corrected chi connectivity index (χ3v) is 17.8. The van der Waals surface area contributed by atoms with Crippen molar-refractivity contribution in [1.82, 2.24) is 0 Å². The number of hydrogen-bond acceptors (Lipinski definition) is 1. The topological polar surface area (TPSA) is 9.23 Å². The Hall–Kier alpha value is 1.52. The Labute approximate surface area is 165 Å². The first kappa shape index (κ1) is 20.5. The molecule has 0 unspecified atom stereocenters. The largest absolute Gasteiger partial charge is 1.00 e. The van der Waals surface area contributed by atoms with Crippen LogP contribution in [0.15, 0.2) is 24.3 Å². The number of methoxy groups -OCH3 is 1. The summed E-state index contributed by atoms with van der Waals surface area (Å²) >= 11 is 0. The standard InChI is InChI=1S/C14H26OPSi2.K/c1-15-12-10-8-9-11-13(12)16-14(17(2,3)4)18(5,6)7;/h8-11,14H,1-7H3;/q-1;+1. The molecule has 0 saturated heterocycles. The second-order valence-electron chi connectivity index (χ2n) is 6.94. The summed E-state index contributed by atoms with van der Waals surface area (Å²) in [6, 6.07) is 8.47. The summed E-state index contributed by atoms with van der Waals surface area (Å²) in [6.45, 7) is 15.0. The van der Waals surface area contributed by atoms with Gasteiger partial charge in [-0.25, -0.2) is 0 Å². The first-order valence-corrected chi connectivity index (χ1v) is 14.6. The minimum Gasteiger partial charge on any atom is -0.505 e. The van der Waals surface area contributed by atoms with Gasteiger partial charge in [0.2, 0.25) is 0 Å². The third-order valence-electron chi connectivity index (χ3n) is 2.99. The third kappa shape index (κ3) is 6.43. The quantitative estimate of drug-likeness (QED) is 0.583. The first-order chi connectivity index (χ1) is 8.16. The molecule has 5 heteroatoms. The molecule has 0 aliphatic carbocycles. The zero-order chi connectivity index (χ0) is 14.0. The molecule has 0 fully saturated rings. The summed E-state index contributed by atoms with van der Waals surface area (Å²) < 4.78 is 5.50. The Morgan fingerprint density at radius 3 is 1.84 bits per heavy atom. The molecule has 0 aliphatic rings. The van der Waals surface area contributed by atoms with Crippen LogP contribution in [-0.2, 0) is 0 Å². The Morgan fingerprint density at radius 2 is 1.42 bits per heavy atom. The van der Waals surface area contributed by atoms with E-state index in [1.54, 1.807) is 7.11 Å². The Kier molecular flexibility index (Phi) is 8.89. The van der Waals surface area contributed by atoms with Gasteiger partial charge in [-0.1, -0.05) is 57.5 Å². The summed E-state index contributed by atoms with van der Waals surface area (Å²) in [5, 5.41) is 1.36. The normalized spacial score (nSPS) is 12.8. The molecule has 1 aromatic carbocycles. The van der Waals surface area contributed by atoms with E-state index in [0.29, 0.717) is 0 Å². The molecule has 0 atom stereocenters. The summed E-state index contributed by atoms with van der Waals surface area (Å²) in [5.74, 6) is 1.04. The van der Waals surface area contributed by atoms with Gasteiger partial charge >= 0.3 is 51.4 Å². The molecule has 0 bridgehead atoms. The molecule has 0 aromatic heterocycles. The number of para-hydroxylation sites is 1. The maximum absolute atomic E-state index is 5.50. The van der Waals surface area contributed by atoms with E-state index in [1.165, 1.54) is 13.9 Å². The van der Waals surface area contributed by atoms with E-state index in [1.807, 2.05) is 0 Å². The first-order valence-electron chi connectivity index (χ1n) is 6.50. The fourth-order valence-electron chi connectivity index (χ4n) is 2.56. The van der Waals surface area contributed by atoms with Crippen LogP contribution in [0.2, 0.25) is 39.3 Å². The van der Waals surface area contributed by atoms with Crippen LogP contribution < -0.4 is 61.4 Å². The minimum atomic E-state index is -1.15. The van der Waals surface area contributed by atoms with Crippen molar-refractivity contribution < 1.29 is 56.1 Å². The second kappa shape index (κ2) is 8.23.